The summed E-state index contributed by atoms with van der Waals surface area (Å²) in [7, 11) is 0. The Morgan fingerprint density at radius 1 is 1.00 bits per heavy atom. The first-order valence-electron chi connectivity index (χ1n) is 11.6. The second kappa shape index (κ2) is 9.09. The molecule has 2 aromatic carbocycles. The predicted molar refractivity (Wildman–Crippen MR) is 131 cm³/mol. The lowest BCUT2D eigenvalue weighted by molar-refractivity contribution is -0.110. The van der Waals surface area contributed by atoms with Crippen LogP contribution >= 0.6 is 0 Å². The SMILES string of the molecule is CCC/C(C)=C(/C)C1=C(C)/C(=C2\C(=O)Nc3ccc(Cc4ccccc4)cc32)CCC1. The molecule has 0 saturated heterocycles. The van der Waals surface area contributed by atoms with Crippen LogP contribution in [0.15, 0.2) is 76.4 Å². The molecule has 160 valence electrons. The van der Waals surface area contributed by atoms with Crippen molar-refractivity contribution in [3.05, 3.63) is 93.1 Å². The molecule has 4 rings (SSSR count). The van der Waals surface area contributed by atoms with Crippen LogP contribution in [0.4, 0.5) is 5.69 Å². The zero-order valence-corrected chi connectivity index (χ0v) is 19.3. The van der Waals surface area contributed by atoms with Crippen molar-refractivity contribution >= 4 is 17.2 Å². The van der Waals surface area contributed by atoms with Crippen LogP contribution in [0.25, 0.3) is 5.57 Å². The molecule has 2 aliphatic rings. The lowest BCUT2D eigenvalue weighted by Gasteiger charge is -2.24. The monoisotopic (exact) mass is 411 g/mol. The van der Waals surface area contributed by atoms with E-state index < -0.39 is 0 Å². The second-order valence-electron chi connectivity index (χ2n) is 8.96. The van der Waals surface area contributed by atoms with Crippen molar-refractivity contribution in [3.63, 3.8) is 0 Å². The van der Waals surface area contributed by atoms with Crippen LogP contribution in [0, 0.1) is 0 Å². The van der Waals surface area contributed by atoms with Crippen molar-refractivity contribution < 1.29 is 4.79 Å². The molecule has 1 heterocycles. The summed E-state index contributed by atoms with van der Waals surface area (Å²) in [5, 5.41) is 3.11. The van der Waals surface area contributed by atoms with Crippen LogP contribution in [0.1, 0.15) is 76.5 Å². The average Bonchev–Trinajstić information content (AvgIpc) is 3.09. The average molecular weight is 412 g/mol. The van der Waals surface area contributed by atoms with Crippen molar-refractivity contribution in [2.24, 2.45) is 0 Å². The molecule has 0 fully saturated rings. The summed E-state index contributed by atoms with van der Waals surface area (Å²) < 4.78 is 0. The molecular formula is C29H33NO. The highest BCUT2D eigenvalue weighted by atomic mass is 16.2. The number of amides is 1. The summed E-state index contributed by atoms with van der Waals surface area (Å²) in [6, 6.07) is 16.9. The number of allylic oxidation sites excluding steroid dienone is 5. The van der Waals surface area contributed by atoms with Gasteiger partial charge in [-0.25, -0.2) is 0 Å². The maximum Gasteiger partial charge on any atom is 0.256 e. The van der Waals surface area contributed by atoms with Crippen LogP contribution < -0.4 is 5.32 Å². The van der Waals surface area contributed by atoms with Crippen molar-refractivity contribution in [2.75, 3.05) is 5.32 Å². The largest absolute Gasteiger partial charge is 0.321 e. The minimum absolute atomic E-state index is 0.0503. The van der Waals surface area contributed by atoms with E-state index in [1.807, 2.05) is 6.07 Å². The summed E-state index contributed by atoms with van der Waals surface area (Å²) in [6.07, 6.45) is 6.38. The Morgan fingerprint density at radius 3 is 2.52 bits per heavy atom. The molecule has 1 aliphatic heterocycles. The van der Waals surface area contributed by atoms with Crippen LogP contribution in [-0.2, 0) is 11.2 Å². The lowest BCUT2D eigenvalue weighted by atomic mass is 9.80. The van der Waals surface area contributed by atoms with Crippen molar-refractivity contribution in [1.82, 2.24) is 0 Å². The highest BCUT2D eigenvalue weighted by Gasteiger charge is 2.30. The number of hydrogen-bond donors (Lipinski definition) is 1. The summed E-state index contributed by atoms with van der Waals surface area (Å²) in [6.45, 7) is 8.98. The minimum atomic E-state index is 0.0503. The Hall–Kier alpha value is -2.87. The maximum atomic E-state index is 13.1. The fraction of sp³-hybridized carbons (Fsp3) is 0.345. The molecule has 31 heavy (non-hydrogen) atoms. The van der Waals surface area contributed by atoms with E-state index in [-0.39, 0.29) is 5.91 Å². The maximum absolute atomic E-state index is 13.1. The summed E-state index contributed by atoms with van der Waals surface area (Å²) in [5.41, 5.74) is 12.3. The fourth-order valence-corrected chi connectivity index (χ4v) is 5.06. The van der Waals surface area contributed by atoms with Gasteiger partial charge < -0.3 is 5.32 Å². The van der Waals surface area contributed by atoms with Crippen molar-refractivity contribution in [2.45, 2.75) is 66.2 Å². The smallest absolute Gasteiger partial charge is 0.256 e. The Balaban J connectivity index is 1.78. The highest BCUT2D eigenvalue weighted by molar-refractivity contribution is 6.32. The Labute approximate surface area is 186 Å². The predicted octanol–water partition coefficient (Wildman–Crippen LogP) is 7.62. The van der Waals surface area contributed by atoms with Gasteiger partial charge in [-0.3, -0.25) is 4.79 Å². The van der Waals surface area contributed by atoms with Gasteiger partial charge in [0.15, 0.2) is 0 Å². The Morgan fingerprint density at radius 2 is 1.77 bits per heavy atom. The molecule has 0 saturated carbocycles. The number of anilines is 1. The minimum Gasteiger partial charge on any atom is -0.321 e. The zero-order valence-electron chi connectivity index (χ0n) is 19.3. The standard InChI is InChI=1S/C29H33NO/c1-5-10-19(2)20(3)24-13-9-14-25(21(24)4)28-26-18-23(15-16-27(26)30-29(28)31)17-22-11-7-6-8-12-22/h6-8,11-12,15-16,18H,5,9-10,13-14,17H2,1-4H3,(H,30,31)/b20-19-,28-25-. The number of fused-ring (bicyclic) bond motifs is 1. The molecule has 0 atom stereocenters. The number of carbonyl (C=O) groups is 1. The van der Waals surface area contributed by atoms with E-state index in [1.54, 1.807) is 0 Å². The van der Waals surface area contributed by atoms with Gasteiger partial charge in [-0.15, -0.1) is 0 Å². The van der Waals surface area contributed by atoms with E-state index in [0.717, 1.165) is 48.9 Å². The molecule has 1 amide bonds. The van der Waals surface area contributed by atoms with Crippen molar-refractivity contribution in [1.29, 1.82) is 0 Å². The van der Waals surface area contributed by atoms with E-state index in [9.17, 15) is 4.79 Å². The Kier molecular flexibility index (Phi) is 6.27. The van der Waals surface area contributed by atoms with Gasteiger partial charge in [-0.2, -0.15) is 0 Å². The van der Waals surface area contributed by atoms with E-state index in [1.165, 1.54) is 45.4 Å². The van der Waals surface area contributed by atoms with Crippen LogP contribution in [0.3, 0.4) is 0 Å². The van der Waals surface area contributed by atoms with Crippen LogP contribution in [0.2, 0.25) is 0 Å². The number of hydrogen-bond acceptors (Lipinski definition) is 1. The first kappa shape index (κ1) is 21.4. The first-order valence-corrected chi connectivity index (χ1v) is 11.6. The molecule has 0 bridgehead atoms. The molecule has 0 aromatic heterocycles. The third kappa shape index (κ3) is 4.30. The van der Waals surface area contributed by atoms with E-state index in [4.69, 9.17) is 0 Å². The van der Waals surface area contributed by atoms with Gasteiger partial charge in [0.05, 0.1) is 5.57 Å². The molecule has 2 heteroatoms. The van der Waals surface area contributed by atoms with Gasteiger partial charge >= 0.3 is 0 Å². The molecule has 0 unspecified atom stereocenters. The van der Waals surface area contributed by atoms with Crippen molar-refractivity contribution in [3.8, 4) is 0 Å². The highest BCUT2D eigenvalue weighted by Crippen LogP contribution is 2.43. The third-order valence-corrected chi connectivity index (χ3v) is 6.86. The van der Waals surface area contributed by atoms with Gasteiger partial charge in [0.25, 0.3) is 5.91 Å². The Bertz CT molecular complexity index is 1100. The number of carbonyl (C=O) groups excluding carboxylic acids is 1. The van der Waals surface area contributed by atoms with E-state index >= 15 is 0 Å². The zero-order chi connectivity index (χ0) is 22.0. The van der Waals surface area contributed by atoms with Gasteiger partial charge in [-0.1, -0.05) is 55.3 Å². The van der Waals surface area contributed by atoms with E-state index in [0.29, 0.717) is 0 Å². The van der Waals surface area contributed by atoms with E-state index in [2.05, 4.69) is 75.5 Å². The summed E-state index contributed by atoms with van der Waals surface area (Å²) in [4.78, 5) is 13.1. The molecule has 2 aromatic rings. The fourth-order valence-electron chi connectivity index (χ4n) is 5.06. The number of benzene rings is 2. The summed E-state index contributed by atoms with van der Waals surface area (Å²) >= 11 is 0. The van der Waals surface area contributed by atoms with Gasteiger partial charge in [0, 0.05) is 11.3 Å². The van der Waals surface area contributed by atoms with Gasteiger partial charge in [0.1, 0.15) is 0 Å². The quantitative estimate of drug-likeness (QED) is 0.504. The number of nitrogens with one attached hydrogen (secondary N) is 1. The molecule has 1 N–H and O–H groups in total. The lowest BCUT2D eigenvalue weighted by Crippen LogP contribution is -2.10. The molecular weight excluding hydrogens is 378 g/mol. The molecule has 0 spiro atoms. The third-order valence-electron chi connectivity index (χ3n) is 6.86. The van der Waals surface area contributed by atoms with Crippen LogP contribution in [0.5, 0.6) is 0 Å². The van der Waals surface area contributed by atoms with Gasteiger partial charge in [-0.05, 0) is 98.4 Å². The topological polar surface area (TPSA) is 29.1 Å². The summed E-state index contributed by atoms with van der Waals surface area (Å²) in [5.74, 6) is 0.0503. The van der Waals surface area contributed by atoms with Gasteiger partial charge in [0.2, 0.25) is 0 Å². The van der Waals surface area contributed by atoms with Crippen LogP contribution in [-0.4, -0.2) is 5.91 Å². The normalized spacial score (nSPS) is 19.3. The molecule has 2 nitrogen and oxygen atoms in total. The second-order valence-corrected chi connectivity index (χ2v) is 8.96. The first-order chi connectivity index (χ1) is 15.0. The number of rotatable bonds is 5. The molecule has 0 radical (unpaired) electrons. The molecule has 1 aliphatic carbocycles.